The predicted molar refractivity (Wildman–Crippen MR) is 63.2 cm³/mol. The Labute approximate surface area is 121 Å². The fourth-order valence-electron chi connectivity index (χ4n) is 1.50. The Bertz CT molecular complexity index is 695. The molecule has 1 aliphatic heterocycles. The maximum absolute atomic E-state index is 12.9. The molecule has 1 atom stereocenters. The molecule has 1 amide bonds. The lowest BCUT2D eigenvalue weighted by Crippen LogP contribution is -2.47. The van der Waals surface area contributed by atoms with Crippen molar-refractivity contribution in [3.05, 3.63) is 35.9 Å². The van der Waals surface area contributed by atoms with Gasteiger partial charge in [0, 0.05) is 0 Å². The minimum absolute atomic E-state index is 0.407. The van der Waals surface area contributed by atoms with E-state index in [0.29, 0.717) is 5.56 Å². The van der Waals surface area contributed by atoms with Crippen LogP contribution < -0.4 is 0 Å². The Morgan fingerprint density at radius 3 is 2.62 bits per heavy atom. The van der Waals surface area contributed by atoms with Crippen LogP contribution in [0.3, 0.4) is 0 Å². The number of benzene rings is 1. The molecule has 0 aliphatic carbocycles. The lowest BCUT2D eigenvalue weighted by molar-refractivity contribution is -0.167. The molecule has 6 nitrogen and oxygen atoms in total. The molecule has 10 heteroatoms. The van der Waals surface area contributed by atoms with E-state index in [1.54, 1.807) is 18.2 Å². The zero-order valence-electron chi connectivity index (χ0n) is 12.2. The fraction of sp³-hybridized carbons (Fsp3) is 0.364. The van der Waals surface area contributed by atoms with Crippen LogP contribution in [0, 0.1) is 0 Å². The standard InChI is InChI=1S/C11H10F3NO5S/c12-11(13,14)9-7-20-21(17,18)15(9)10(16)19-6-8-4-2-1-3-5-8/h1-5,9H,6-7H2/t9-/m0/s1/i7D2. The number of halogens is 3. The molecule has 0 unspecified atom stereocenters. The summed E-state index contributed by atoms with van der Waals surface area (Å²) in [4.78, 5) is 11.8. The van der Waals surface area contributed by atoms with E-state index in [1.807, 2.05) is 0 Å². The highest BCUT2D eigenvalue weighted by atomic mass is 32.2. The van der Waals surface area contributed by atoms with E-state index in [1.165, 1.54) is 12.1 Å². The average Bonchev–Trinajstić information content (AvgIpc) is 2.61. The molecular formula is C11H10F3NO5S. The van der Waals surface area contributed by atoms with Gasteiger partial charge in [-0.2, -0.15) is 25.9 Å². The quantitative estimate of drug-likeness (QED) is 0.828. The topological polar surface area (TPSA) is 72.9 Å². The van der Waals surface area contributed by atoms with E-state index in [4.69, 9.17) is 2.74 Å². The molecule has 0 aromatic heterocycles. The molecule has 1 aromatic rings. The van der Waals surface area contributed by atoms with Crippen molar-refractivity contribution in [2.24, 2.45) is 0 Å². The Kier molecular flexibility index (Phi) is 3.39. The van der Waals surface area contributed by atoms with Crippen molar-refractivity contribution in [3.8, 4) is 0 Å². The van der Waals surface area contributed by atoms with Crippen LogP contribution in [0.5, 0.6) is 0 Å². The second kappa shape index (κ2) is 5.53. The summed E-state index contributed by atoms with van der Waals surface area (Å²) < 4.78 is 83.6. The van der Waals surface area contributed by atoms with Gasteiger partial charge in [0.25, 0.3) is 0 Å². The molecule has 2 rings (SSSR count). The van der Waals surface area contributed by atoms with Gasteiger partial charge in [-0.1, -0.05) is 30.3 Å². The highest BCUT2D eigenvalue weighted by Gasteiger charge is 2.56. The first-order valence-corrected chi connectivity index (χ1v) is 6.84. The van der Waals surface area contributed by atoms with Crippen molar-refractivity contribution in [2.75, 3.05) is 6.56 Å². The van der Waals surface area contributed by atoms with Gasteiger partial charge in [0.1, 0.15) is 6.61 Å². The third-order valence-corrected chi connectivity index (χ3v) is 3.58. The smallest absolute Gasteiger partial charge is 0.426 e. The lowest BCUT2D eigenvalue weighted by atomic mass is 10.2. The van der Waals surface area contributed by atoms with Gasteiger partial charge in [0.15, 0.2) is 6.04 Å². The van der Waals surface area contributed by atoms with E-state index in [9.17, 15) is 26.4 Å². The monoisotopic (exact) mass is 327 g/mol. The maximum Gasteiger partial charge on any atom is 0.426 e. The van der Waals surface area contributed by atoms with Crippen LogP contribution in [0.4, 0.5) is 18.0 Å². The number of amides is 1. The van der Waals surface area contributed by atoms with Gasteiger partial charge in [-0.05, 0) is 5.56 Å². The summed E-state index contributed by atoms with van der Waals surface area (Å²) in [6.07, 6.45) is -7.25. The molecule has 0 bridgehead atoms. The highest BCUT2D eigenvalue weighted by molar-refractivity contribution is 7.85. The van der Waals surface area contributed by atoms with Crippen molar-refractivity contribution in [1.29, 1.82) is 0 Å². The van der Waals surface area contributed by atoms with Crippen molar-refractivity contribution in [2.45, 2.75) is 18.8 Å². The van der Waals surface area contributed by atoms with Gasteiger partial charge >= 0.3 is 22.6 Å². The van der Waals surface area contributed by atoms with Crippen LogP contribution >= 0.6 is 0 Å². The molecule has 0 spiro atoms. The summed E-state index contributed by atoms with van der Waals surface area (Å²) >= 11 is 0. The molecular weight excluding hydrogens is 315 g/mol. The van der Waals surface area contributed by atoms with E-state index in [0.717, 1.165) is 0 Å². The van der Waals surface area contributed by atoms with E-state index in [-0.39, 0.29) is 0 Å². The highest BCUT2D eigenvalue weighted by Crippen LogP contribution is 2.32. The van der Waals surface area contributed by atoms with Gasteiger partial charge in [-0.15, -0.1) is 0 Å². The van der Waals surface area contributed by atoms with Crippen LogP contribution in [-0.2, 0) is 25.8 Å². The van der Waals surface area contributed by atoms with Gasteiger partial charge < -0.3 is 4.74 Å². The minimum Gasteiger partial charge on any atom is -0.444 e. The summed E-state index contributed by atoms with van der Waals surface area (Å²) in [5.41, 5.74) is 0.407. The van der Waals surface area contributed by atoms with Crippen LogP contribution in [0.1, 0.15) is 8.30 Å². The molecule has 116 valence electrons. The second-order valence-corrected chi connectivity index (χ2v) is 5.35. The van der Waals surface area contributed by atoms with E-state index >= 15 is 0 Å². The number of rotatable bonds is 2. The molecule has 0 N–H and O–H groups in total. The summed E-state index contributed by atoms with van der Waals surface area (Å²) in [5, 5.41) is 0. The van der Waals surface area contributed by atoms with Gasteiger partial charge in [0.05, 0.1) is 9.30 Å². The average molecular weight is 327 g/mol. The number of nitrogens with zero attached hydrogens (tertiary/aromatic N) is 1. The molecule has 0 radical (unpaired) electrons. The van der Waals surface area contributed by atoms with E-state index < -0.39 is 46.1 Å². The molecule has 1 aliphatic rings. The van der Waals surface area contributed by atoms with Crippen LogP contribution in [0.15, 0.2) is 30.3 Å². The van der Waals surface area contributed by atoms with Crippen molar-refractivity contribution in [1.82, 2.24) is 4.31 Å². The third-order valence-electron chi connectivity index (χ3n) is 2.44. The number of hydrogen-bond acceptors (Lipinski definition) is 5. The Morgan fingerprint density at radius 1 is 1.43 bits per heavy atom. The van der Waals surface area contributed by atoms with Gasteiger partial charge in [-0.3, -0.25) is 4.18 Å². The zero-order chi connectivity index (χ0) is 17.5. The third kappa shape index (κ3) is 3.45. The summed E-state index contributed by atoms with van der Waals surface area (Å²) in [6.45, 7) is -4.14. The molecule has 21 heavy (non-hydrogen) atoms. The fourth-order valence-corrected chi connectivity index (χ4v) is 2.45. The Balaban J connectivity index is 2.25. The molecule has 1 saturated heterocycles. The van der Waals surface area contributed by atoms with Crippen molar-refractivity contribution < 1.29 is 38.0 Å². The predicted octanol–water partition coefficient (Wildman–Crippen LogP) is 1.83. The SMILES string of the molecule is [2H]C1([2H])OS(=O)(=O)N(C(=O)OCc2ccccc2)[C@@H]1C(F)(F)F. The second-order valence-electron chi connectivity index (χ2n) is 3.94. The van der Waals surface area contributed by atoms with Crippen molar-refractivity contribution >= 4 is 16.4 Å². The molecule has 1 heterocycles. The summed E-state index contributed by atoms with van der Waals surface area (Å²) in [7, 11) is -5.27. The zero-order valence-corrected chi connectivity index (χ0v) is 11.0. The number of hydrogen-bond donors (Lipinski definition) is 0. The van der Waals surface area contributed by atoms with Crippen LogP contribution in [-0.4, -0.2) is 37.6 Å². The number of alkyl halides is 3. The number of ether oxygens (including phenoxy) is 1. The number of carbonyl (C=O) groups excluding carboxylic acids is 1. The molecule has 1 fully saturated rings. The maximum atomic E-state index is 12.9. The minimum atomic E-state index is -5.38. The van der Waals surface area contributed by atoms with Crippen LogP contribution in [0.25, 0.3) is 0 Å². The lowest BCUT2D eigenvalue weighted by Gasteiger charge is -2.21. The van der Waals surface area contributed by atoms with Crippen LogP contribution in [0.2, 0.25) is 0 Å². The normalized spacial score (nSPS) is 25.1. The number of carbonyl (C=O) groups is 1. The van der Waals surface area contributed by atoms with E-state index in [2.05, 4.69) is 8.92 Å². The largest absolute Gasteiger partial charge is 0.444 e. The van der Waals surface area contributed by atoms with Gasteiger partial charge in [-0.25, -0.2) is 4.79 Å². The van der Waals surface area contributed by atoms with Crippen molar-refractivity contribution in [3.63, 3.8) is 0 Å². The Hall–Kier alpha value is -1.81. The molecule has 1 aromatic carbocycles. The first kappa shape index (κ1) is 12.9. The first-order valence-electron chi connectivity index (χ1n) is 6.47. The molecule has 0 saturated carbocycles. The summed E-state index contributed by atoms with van der Waals surface area (Å²) in [6, 6.07) is 4.49. The van der Waals surface area contributed by atoms with Gasteiger partial charge in [0.2, 0.25) is 0 Å². The Morgan fingerprint density at radius 2 is 2.05 bits per heavy atom. The first-order chi connectivity index (χ1) is 10.5. The summed E-state index contributed by atoms with van der Waals surface area (Å²) in [5.74, 6) is 0.